The van der Waals surface area contributed by atoms with E-state index in [4.69, 9.17) is 21.1 Å². The molecule has 5 N–H and O–H groups in total. The van der Waals surface area contributed by atoms with Gasteiger partial charge in [0, 0.05) is 66.9 Å². The number of hydrogen-bond acceptors (Lipinski definition) is 12. The average Bonchev–Trinajstić information content (AvgIpc) is 3.95. The summed E-state index contributed by atoms with van der Waals surface area (Å²) in [5.41, 5.74) is 3.99. The Morgan fingerprint density at radius 1 is 0.971 bits per heavy atom. The van der Waals surface area contributed by atoms with Gasteiger partial charge >= 0.3 is 0 Å². The maximum Gasteiger partial charge on any atom is 0.251 e. The molecule has 4 aromatic rings. The van der Waals surface area contributed by atoms with Gasteiger partial charge in [0.05, 0.1) is 27.1 Å². The van der Waals surface area contributed by atoms with E-state index in [2.05, 4.69) is 66.1 Å². The third-order valence-electron chi connectivity index (χ3n) is 12.7. The lowest BCUT2D eigenvalue weighted by atomic mass is 9.49. The summed E-state index contributed by atoms with van der Waals surface area (Å²) in [4.78, 5) is 60.0. The molecule has 1 aliphatic heterocycles. The predicted octanol–water partition coefficient (Wildman–Crippen LogP) is 7.23. The van der Waals surface area contributed by atoms with Crippen molar-refractivity contribution < 1.29 is 33.8 Å². The highest BCUT2D eigenvalue weighted by molar-refractivity contribution is 7.13. The number of aliphatic hydroxyl groups excluding tert-OH is 1. The number of unbranched alkanes of at least 4 members (excludes halogenated alkanes) is 2. The molecule has 17 heteroatoms. The number of ether oxygens (including phenoxy) is 2. The van der Waals surface area contributed by atoms with Crippen LogP contribution < -0.4 is 26.0 Å². The van der Waals surface area contributed by atoms with Gasteiger partial charge in [0.25, 0.3) is 5.91 Å². The molecule has 68 heavy (non-hydrogen) atoms. The fourth-order valence-corrected chi connectivity index (χ4v) is 10.3. The lowest BCUT2D eigenvalue weighted by Crippen LogP contribution is -2.74. The third-order valence-corrected chi connectivity index (χ3v) is 13.9. The summed E-state index contributed by atoms with van der Waals surface area (Å²) >= 11 is 7.61. The fourth-order valence-electron chi connectivity index (χ4n) is 9.39. The topological polar surface area (TPSA) is 219 Å². The number of carbonyl (C=O) groups excluding carboxylic acids is 4. The largest absolute Gasteiger partial charge is 0.489 e. The van der Waals surface area contributed by atoms with Crippen LogP contribution in [0.5, 0.6) is 5.75 Å². The number of β-amino-alcohol motifs (C(OH)–C–C–N with tert-alkyl or cyclic N) is 1. The number of anilines is 1. The molecule has 3 atom stereocenters. The van der Waals surface area contributed by atoms with Crippen LogP contribution in [0.1, 0.15) is 101 Å². The number of carbonyl (C=O) groups is 4. The van der Waals surface area contributed by atoms with Gasteiger partial charge in [-0.25, -0.2) is 4.98 Å². The number of aromatic nitrogens is 1. The van der Waals surface area contributed by atoms with Crippen LogP contribution in [0.2, 0.25) is 5.02 Å². The number of benzene rings is 3. The van der Waals surface area contributed by atoms with Crippen LogP contribution in [0.15, 0.2) is 72.2 Å². The zero-order valence-corrected chi connectivity index (χ0v) is 41.2. The number of thiazole rings is 1. The summed E-state index contributed by atoms with van der Waals surface area (Å²) < 4.78 is 12.0. The number of hydrogen-bond donors (Lipinski definition) is 5. The van der Waals surface area contributed by atoms with E-state index in [1.807, 2.05) is 57.2 Å². The second-order valence-corrected chi connectivity index (χ2v) is 21.0. The number of likely N-dealkylation sites (tertiary alicyclic amines) is 1. The molecule has 2 aliphatic rings. The third kappa shape index (κ3) is 12.2. The van der Waals surface area contributed by atoms with Crippen molar-refractivity contribution in [2.24, 2.45) is 16.2 Å². The summed E-state index contributed by atoms with van der Waals surface area (Å²) in [5, 5.41) is 41.7. The number of aliphatic hydroxyl groups is 1. The van der Waals surface area contributed by atoms with Crippen molar-refractivity contribution in [2.75, 3.05) is 31.6 Å². The Balaban J connectivity index is 0.880. The van der Waals surface area contributed by atoms with Crippen LogP contribution >= 0.6 is 22.9 Å². The van der Waals surface area contributed by atoms with Gasteiger partial charge < -0.3 is 40.7 Å². The zero-order valence-electron chi connectivity index (χ0n) is 39.7. The monoisotopic (exact) mass is 964 g/mol. The average molecular weight is 966 g/mol. The minimum absolute atomic E-state index is 0.0338. The molecule has 2 fully saturated rings. The van der Waals surface area contributed by atoms with Gasteiger partial charge in [-0.15, -0.1) is 11.3 Å². The van der Waals surface area contributed by atoms with E-state index >= 15 is 0 Å². The first-order valence-corrected chi connectivity index (χ1v) is 24.1. The molecule has 15 nitrogen and oxygen atoms in total. The standard InChI is InChI=1S/C51H61ClN8O7S/c1-49(2,3)43(46(65)60-28-36(61)23-40(60)45(64)56-27-31-11-13-32(14-12-31)42-39(26-54)57-30-68-42)58-41(62)29-66-22-10-8-9-21-55-35-18-15-33(16-19-35)44(63)59-47-50(4,5)48(51(47,6)7)67-37-20-17-34(25-53)38(52)24-37/h11-20,24,30,36,40,43,47-48,55,61H,8-10,21-23,27-29H2,1-7H3,(H,56,64)(H,58,62)(H,59,63)/t36-,40+,43-,47?,48?/m1/s1. The van der Waals surface area contributed by atoms with Crippen LogP contribution in [0.4, 0.5) is 5.69 Å². The van der Waals surface area contributed by atoms with Gasteiger partial charge in [-0.05, 0) is 72.2 Å². The van der Waals surface area contributed by atoms with E-state index in [-0.39, 0.29) is 55.0 Å². The molecular weight excluding hydrogens is 904 g/mol. The van der Waals surface area contributed by atoms with E-state index < -0.39 is 41.3 Å². The van der Waals surface area contributed by atoms with E-state index in [1.165, 1.54) is 16.2 Å². The SMILES string of the molecule is CC1(C)C(NC(=O)c2ccc(NCCCCCOCC(=O)N[C@H](C(=O)N3C[C@H](O)C[C@H]3C(=O)NCc3ccc(-c4scnc4C#N)cc3)C(C)(C)C)cc2)C(C)(C)C1Oc1ccc(C#N)c(Cl)c1. The fraction of sp³-hybridized carbons (Fsp3) is 0.471. The normalized spacial score (nSPS) is 19.7. The molecule has 4 amide bonds. The Labute approximate surface area is 407 Å². The van der Waals surface area contributed by atoms with Gasteiger partial charge in [0.1, 0.15) is 42.7 Å². The predicted molar refractivity (Wildman–Crippen MR) is 261 cm³/mol. The van der Waals surface area contributed by atoms with Gasteiger partial charge in [-0.1, -0.05) is 84.3 Å². The molecule has 0 radical (unpaired) electrons. The van der Waals surface area contributed by atoms with Crippen molar-refractivity contribution in [3.63, 3.8) is 0 Å². The van der Waals surface area contributed by atoms with Crippen molar-refractivity contribution in [2.45, 2.75) is 111 Å². The number of rotatable bonds is 19. The molecule has 1 aromatic heterocycles. The summed E-state index contributed by atoms with van der Waals surface area (Å²) in [6.45, 7) is 14.7. The lowest BCUT2D eigenvalue weighted by Gasteiger charge is -2.63. The van der Waals surface area contributed by atoms with Crippen molar-refractivity contribution in [3.05, 3.63) is 99.6 Å². The molecule has 3 aromatic carbocycles. The molecule has 2 heterocycles. The Morgan fingerprint density at radius 2 is 1.68 bits per heavy atom. The summed E-state index contributed by atoms with van der Waals surface area (Å²) in [6.07, 6.45) is 1.39. The lowest BCUT2D eigenvalue weighted by molar-refractivity contribution is -0.164. The molecule has 6 rings (SSSR count). The van der Waals surface area contributed by atoms with Crippen LogP contribution in [0, 0.1) is 38.9 Å². The molecule has 0 spiro atoms. The summed E-state index contributed by atoms with van der Waals surface area (Å²) in [5.74, 6) is -0.906. The quantitative estimate of drug-likeness (QED) is 0.0591. The van der Waals surface area contributed by atoms with Gasteiger partial charge in [-0.3, -0.25) is 19.2 Å². The maximum atomic E-state index is 14.0. The van der Waals surface area contributed by atoms with Gasteiger partial charge in [0.2, 0.25) is 17.7 Å². The Hall–Kier alpha value is -6.04. The number of nitriles is 2. The van der Waals surface area contributed by atoms with Crippen molar-refractivity contribution in [1.29, 1.82) is 10.5 Å². The summed E-state index contributed by atoms with van der Waals surface area (Å²) in [6, 6.07) is 21.9. The van der Waals surface area contributed by atoms with Crippen LogP contribution in [0.3, 0.4) is 0 Å². The second-order valence-electron chi connectivity index (χ2n) is 19.7. The molecule has 0 bridgehead atoms. The number of nitrogens with zero attached hydrogens (tertiary/aromatic N) is 4. The molecule has 360 valence electrons. The first-order chi connectivity index (χ1) is 32.2. The zero-order chi connectivity index (χ0) is 49.4. The molecule has 0 unspecified atom stereocenters. The van der Waals surface area contributed by atoms with Crippen molar-refractivity contribution in [1.82, 2.24) is 25.8 Å². The van der Waals surface area contributed by atoms with E-state index in [9.17, 15) is 34.8 Å². The Morgan fingerprint density at radius 3 is 2.32 bits per heavy atom. The number of amides is 4. The molecule has 1 saturated carbocycles. The highest BCUT2D eigenvalue weighted by atomic mass is 35.5. The Kier molecular flexibility index (Phi) is 16.6. The van der Waals surface area contributed by atoms with Crippen LogP contribution in [0.25, 0.3) is 10.4 Å². The van der Waals surface area contributed by atoms with Gasteiger partial charge in [-0.2, -0.15) is 10.5 Å². The summed E-state index contributed by atoms with van der Waals surface area (Å²) in [7, 11) is 0. The minimum atomic E-state index is -0.969. The smallest absolute Gasteiger partial charge is 0.251 e. The van der Waals surface area contributed by atoms with Crippen LogP contribution in [-0.4, -0.2) is 95.3 Å². The second kappa shape index (κ2) is 21.9. The van der Waals surface area contributed by atoms with Crippen LogP contribution in [-0.2, 0) is 25.7 Å². The number of nitrogens with one attached hydrogen (secondary N) is 4. The van der Waals surface area contributed by atoms with E-state index in [0.29, 0.717) is 40.7 Å². The van der Waals surface area contributed by atoms with Gasteiger partial charge in [0.15, 0.2) is 5.69 Å². The van der Waals surface area contributed by atoms with E-state index in [1.54, 1.807) is 35.8 Å². The highest BCUT2D eigenvalue weighted by Crippen LogP contribution is 2.55. The van der Waals surface area contributed by atoms with Crippen molar-refractivity contribution >= 4 is 52.3 Å². The molecule has 1 aliphatic carbocycles. The Bertz CT molecular complexity index is 2510. The molecule has 1 saturated heterocycles. The first-order valence-electron chi connectivity index (χ1n) is 22.8. The highest BCUT2D eigenvalue weighted by Gasteiger charge is 2.64. The minimum Gasteiger partial charge on any atom is -0.489 e. The van der Waals surface area contributed by atoms with Crippen molar-refractivity contribution in [3.8, 4) is 28.3 Å². The first kappa shape index (κ1) is 51.4. The van der Waals surface area contributed by atoms with E-state index in [0.717, 1.165) is 41.0 Å². The number of halogens is 1. The maximum absolute atomic E-state index is 14.0. The molecular formula is C51H61ClN8O7S.